The van der Waals surface area contributed by atoms with Crippen molar-refractivity contribution in [3.8, 4) is 0 Å². The molecule has 136 valence electrons. The molecule has 1 aromatic carbocycles. The van der Waals surface area contributed by atoms with E-state index in [1.54, 1.807) is 0 Å². The lowest BCUT2D eigenvalue weighted by Gasteiger charge is -2.33. The van der Waals surface area contributed by atoms with E-state index in [1.807, 2.05) is 36.7 Å². The van der Waals surface area contributed by atoms with Crippen molar-refractivity contribution in [2.24, 2.45) is 0 Å². The third-order valence-corrected chi connectivity index (χ3v) is 4.90. The lowest BCUT2D eigenvalue weighted by Crippen LogP contribution is -2.37. The number of aromatic nitrogens is 1. The van der Waals surface area contributed by atoms with E-state index in [0.29, 0.717) is 0 Å². The normalized spacial score (nSPS) is 17.3. The second-order valence-corrected chi connectivity index (χ2v) is 6.91. The number of carbonyl (C=O) groups is 1. The van der Waals surface area contributed by atoms with Crippen LogP contribution in [0.3, 0.4) is 0 Å². The highest BCUT2D eigenvalue weighted by atomic mass is 32.1. The number of likely N-dealkylation sites (tertiary alicyclic amines) is 1. The van der Waals surface area contributed by atoms with Crippen LogP contribution in [0.1, 0.15) is 44.2 Å². The molecule has 2 N–H and O–H groups in total. The van der Waals surface area contributed by atoms with Crippen LogP contribution in [0.5, 0.6) is 0 Å². The Hall–Kier alpha value is -2.47. The van der Waals surface area contributed by atoms with Crippen LogP contribution in [-0.2, 0) is 4.79 Å². The molecule has 0 aliphatic carbocycles. The predicted molar refractivity (Wildman–Crippen MR) is 109 cm³/mol. The number of nitrogens with one attached hydrogen (secondary N) is 2. The minimum absolute atomic E-state index is 0.0778. The van der Waals surface area contributed by atoms with E-state index in [9.17, 15) is 4.79 Å². The van der Waals surface area contributed by atoms with Gasteiger partial charge in [-0.3, -0.25) is 9.78 Å². The molecule has 5 nitrogen and oxygen atoms in total. The number of hydrogen-bond acceptors (Lipinski definition) is 3. The van der Waals surface area contributed by atoms with Crippen LogP contribution in [0.15, 0.2) is 48.8 Å². The SMILES string of the molecule is CC(=O)Nc1ccc(NC(=S)N2CCCCC[C@H]2c2ccncc2)cc1. The van der Waals surface area contributed by atoms with Gasteiger partial charge in [-0.15, -0.1) is 0 Å². The first-order chi connectivity index (χ1) is 12.6. The Kier molecular flexibility index (Phi) is 6.17. The smallest absolute Gasteiger partial charge is 0.221 e. The second kappa shape index (κ2) is 8.76. The first kappa shape index (κ1) is 18.3. The zero-order valence-electron chi connectivity index (χ0n) is 14.9. The van der Waals surface area contributed by atoms with Crippen molar-refractivity contribution < 1.29 is 4.79 Å². The second-order valence-electron chi connectivity index (χ2n) is 6.53. The Morgan fingerprint density at radius 2 is 1.69 bits per heavy atom. The highest BCUT2D eigenvalue weighted by Crippen LogP contribution is 2.30. The van der Waals surface area contributed by atoms with Gasteiger partial charge in [0.2, 0.25) is 5.91 Å². The minimum Gasteiger partial charge on any atom is -0.342 e. The number of anilines is 2. The molecule has 2 aromatic rings. The molecule has 1 fully saturated rings. The van der Waals surface area contributed by atoms with E-state index >= 15 is 0 Å². The number of rotatable bonds is 3. The van der Waals surface area contributed by atoms with E-state index < -0.39 is 0 Å². The summed E-state index contributed by atoms with van der Waals surface area (Å²) in [6.45, 7) is 2.45. The van der Waals surface area contributed by atoms with Crippen molar-refractivity contribution in [3.63, 3.8) is 0 Å². The monoisotopic (exact) mass is 368 g/mol. The molecule has 2 heterocycles. The number of thiocarbonyl (C=S) groups is 1. The van der Waals surface area contributed by atoms with Gasteiger partial charge in [0.15, 0.2) is 5.11 Å². The zero-order valence-corrected chi connectivity index (χ0v) is 15.8. The summed E-state index contributed by atoms with van der Waals surface area (Å²) in [4.78, 5) is 17.6. The van der Waals surface area contributed by atoms with Gasteiger partial charge in [-0.1, -0.05) is 12.8 Å². The zero-order chi connectivity index (χ0) is 18.4. The fourth-order valence-corrected chi connectivity index (χ4v) is 3.66. The molecule has 0 unspecified atom stereocenters. The van der Waals surface area contributed by atoms with E-state index in [4.69, 9.17) is 12.2 Å². The average Bonchev–Trinajstić information content (AvgIpc) is 2.90. The highest BCUT2D eigenvalue weighted by Gasteiger charge is 2.24. The molecule has 1 aromatic heterocycles. The van der Waals surface area contributed by atoms with E-state index in [2.05, 4.69) is 32.7 Å². The molecule has 0 saturated carbocycles. The van der Waals surface area contributed by atoms with Gasteiger partial charge >= 0.3 is 0 Å². The minimum atomic E-state index is -0.0778. The van der Waals surface area contributed by atoms with E-state index in [0.717, 1.165) is 35.9 Å². The number of pyridine rings is 1. The molecule has 1 saturated heterocycles. The summed E-state index contributed by atoms with van der Waals surface area (Å²) < 4.78 is 0. The molecule has 26 heavy (non-hydrogen) atoms. The summed E-state index contributed by atoms with van der Waals surface area (Å²) in [5.41, 5.74) is 2.95. The van der Waals surface area contributed by atoms with Crippen molar-refractivity contribution in [3.05, 3.63) is 54.4 Å². The largest absolute Gasteiger partial charge is 0.342 e. The maximum Gasteiger partial charge on any atom is 0.221 e. The Morgan fingerprint density at radius 3 is 2.35 bits per heavy atom. The maximum atomic E-state index is 11.1. The fourth-order valence-electron chi connectivity index (χ4n) is 3.32. The number of benzene rings is 1. The van der Waals surface area contributed by atoms with Gasteiger partial charge in [-0.25, -0.2) is 0 Å². The van der Waals surface area contributed by atoms with Gasteiger partial charge < -0.3 is 15.5 Å². The molecule has 1 aliphatic rings. The third kappa shape index (κ3) is 4.79. The first-order valence-electron chi connectivity index (χ1n) is 8.98. The summed E-state index contributed by atoms with van der Waals surface area (Å²) in [6, 6.07) is 12.0. The molecule has 0 spiro atoms. The first-order valence-corrected chi connectivity index (χ1v) is 9.39. The van der Waals surface area contributed by atoms with Crippen LogP contribution >= 0.6 is 12.2 Å². The van der Waals surface area contributed by atoms with Crippen LogP contribution < -0.4 is 10.6 Å². The number of carbonyl (C=O) groups excluding carboxylic acids is 1. The molecular formula is C20H24N4OS. The summed E-state index contributed by atoms with van der Waals surface area (Å²) >= 11 is 5.73. The molecule has 6 heteroatoms. The van der Waals surface area contributed by atoms with Crippen molar-refractivity contribution >= 4 is 34.6 Å². The molecule has 1 atom stereocenters. The topological polar surface area (TPSA) is 57.3 Å². The number of amides is 1. The number of hydrogen-bond donors (Lipinski definition) is 2. The molecular weight excluding hydrogens is 344 g/mol. The quantitative estimate of drug-likeness (QED) is 0.789. The molecule has 0 bridgehead atoms. The van der Waals surface area contributed by atoms with Gasteiger partial charge in [0.25, 0.3) is 0 Å². The summed E-state index contributed by atoms with van der Waals surface area (Å²) in [5, 5.41) is 6.86. The van der Waals surface area contributed by atoms with E-state index in [1.165, 1.54) is 25.3 Å². The van der Waals surface area contributed by atoms with Crippen LogP contribution in [0.2, 0.25) is 0 Å². The Balaban J connectivity index is 1.72. The predicted octanol–water partition coefficient (Wildman–Crippen LogP) is 4.35. The summed E-state index contributed by atoms with van der Waals surface area (Å²) in [7, 11) is 0. The standard InChI is InChI=1S/C20H24N4OS/c1-15(25)22-17-6-8-18(9-7-17)23-20(26)24-14-4-2-3-5-19(24)16-10-12-21-13-11-16/h6-13,19H,2-5,14H2,1H3,(H,22,25)(H,23,26)/t19-/m0/s1. The van der Waals surface area contributed by atoms with Gasteiger partial charge in [0, 0.05) is 37.2 Å². The van der Waals surface area contributed by atoms with Crippen LogP contribution in [0.25, 0.3) is 0 Å². The molecule has 1 amide bonds. The fraction of sp³-hybridized carbons (Fsp3) is 0.350. The van der Waals surface area contributed by atoms with Crippen molar-refractivity contribution in [1.29, 1.82) is 0 Å². The Labute approximate surface area is 159 Å². The highest BCUT2D eigenvalue weighted by molar-refractivity contribution is 7.80. The average molecular weight is 369 g/mol. The third-order valence-electron chi connectivity index (χ3n) is 4.56. The lowest BCUT2D eigenvalue weighted by molar-refractivity contribution is -0.114. The van der Waals surface area contributed by atoms with E-state index in [-0.39, 0.29) is 11.9 Å². The van der Waals surface area contributed by atoms with Gasteiger partial charge in [0.05, 0.1) is 6.04 Å². The van der Waals surface area contributed by atoms with Crippen molar-refractivity contribution in [2.45, 2.75) is 38.6 Å². The van der Waals surface area contributed by atoms with Gasteiger partial charge in [-0.05, 0) is 67.0 Å². The van der Waals surface area contributed by atoms with Crippen LogP contribution in [0.4, 0.5) is 11.4 Å². The van der Waals surface area contributed by atoms with Gasteiger partial charge in [-0.2, -0.15) is 0 Å². The van der Waals surface area contributed by atoms with Crippen molar-refractivity contribution in [2.75, 3.05) is 17.2 Å². The van der Waals surface area contributed by atoms with Crippen molar-refractivity contribution in [1.82, 2.24) is 9.88 Å². The lowest BCUT2D eigenvalue weighted by atomic mass is 10.0. The Morgan fingerprint density at radius 1 is 1.04 bits per heavy atom. The van der Waals surface area contributed by atoms with Gasteiger partial charge in [0.1, 0.15) is 0 Å². The Bertz CT molecular complexity index is 748. The molecule has 1 aliphatic heterocycles. The van der Waals surface area contributed by atoms with Crippen LogP contribution in [0, 0.1) is 0 Å². The number of nitrogens with zero attached hydrogens (tertiary/aromatic N) is 2. The van der Waals surface area contributed by atoms with Crippen LogP contribution in [-0.4, -0.2) is 27.4 Å². The maximum absolute atomic E-state index is 11.1. The molecule has 3 rings (SSSR count). The molecule has 0 radical (unpaired) electrons. The summed E-state index contributed by atoms with van der Waals surface area (Å²) in [6.07, 6.45) is 8.35. The summed E-state index contributed by atoms with van der Waals surface area (Å²) in [5.74, 6) is -0.0778.